The minimum atomic E-state index is -0.277. The minimum Gasteiger partial charge on any atom is -0.336 e. The van der Waals surface area contributed by atoms with Crippen LogP contribution in [0.25, 0.3) is 0 Å². The monoisotopic (exact) mass is 353 g/mol. The Balaban J connectivity index is 1.53. The lowest BCUT2D eigenvalue weighted by Crippen LogP contribution is -2.38. The molecule has 1 amide bonds. The molecule has 9 heteroatoms. The molecular formula is C17H19N7O2. The molecule has 0 bridgehead atoms. The first-order valence-electron chi connectivity index (χ1n) is 8.47. The summed E-state index contributed by atoms with van der Waals surface area (Å²) in [4.78, 5) is 26.7. The van der Waals surface area contributed by atoms with E-state index in [2.05, 4.69) is 15.3 Å². The Morgan fingerprint density at radius 2 is 2.04 bits per heavy atom. The fourth-order valence-corrected chi connectivity index (χ4v) is 3.17. The van der Waals surface area contributed by atoms with Gasteiger partial charge in [0, 0.05) is 51.7 Å². The van der Waals surface area contributed by atoms with Gasteiger partial charge in [-0.2, -0.15) is 5.10 Å². The van der Waals surface area contributed by atoms with Crippen molar-refractivity contribution in [3.8, 4) is 0 Å². The number of aromatic nitrogens is 6. The first kappa shape index (κ1) is 16.2. The van der Waals surface area contributed by atoms with E-state index in [1.807, 2.05) is 16.8 Å². The van der Waals surface area contributed by atoms with Gasteiger partial charge in [0.05, 0.1) is 0 Å². The minimum absolute atomic E-state index is 0.199. The van der Waals surface area contributed by atoms with Crippen molar-refractivity contribution in [1.82, 2.24) is 34.0 Å². The molecular weight excluding hydrogens is 334 g/mol. The summed E-state index contributed by atoms with van der Waals surface area (Å²) in [5, 5.41) is 12.7. The Hall–Kier alpha value is -3.23. The highest BCUT2D eigenvalue weighted by molar-refractivity contribution is 5.93. The number of aryl methyl sites for hydroxylation is 1. The summed E-state index contributed by atoms with van der Waals surface area (Å²) < 4.78 is 5.25. The van der Waals surface area contributed by atoms with Crippen LogP contribution in [0.5, 0.6) is 0 Å². The smallest absolute Gasteiger partial charge is 0.263 e. The standard InChI is InChI=1S/C17H19N7O2/c1-21-7-2-4-13(16(21)25)17(26)22-9-5-14-19-20-15(24(14)11-10-22)12-23-8-3-6-18-23/h2-4,6-8H,5,9-12H2,1H3. The fourth-order valence-electron chi connectivity index (χ4n) is 3.17. The highest BCUT2D eigenvalue weighted by Crippen LogP contribution is 2.12. The first-order valence-corrected chi connectivity index (χ1v) is 8.47. The van der Waals surface area contributed by atoms with E-state index in [4.69, 9.17) is 0 Å². The third-order valence-corrected chi connectivity index (χ3v) is 4.61. The number of fused-ring (bicyclic) bond motifs is 1. The summed E-state index contributed by atoms with van der Waals surface area (Å²) in [6.45, 7) is 2.15. The number of nitrogens with zero attached hydrogens (tertiary/aromatic N) is 7. The van der Waals surface area contributed by atoms with E-state index in [1.165, 1.54) is 4.57 Å². The lowest BCUT2D eigenvalue weighted by atomic mass is 10.2. The second kappa shape index (κ2) is 6.58. The molecule has 9 nitrogen and oxygen atoms in total. The number of rotatable bonds is 3. The molecule has 0 fully saturated rings. The molecule has 3 aromatic rings. The number of amides is 1. The van der Waals surface area contributed by atoms with E-state index >= 15 is 0 Å². The molecule has 0 aromatic carbocycles. The van der Waals surface area contributed by atoms with E-state index in [0.29, 0.717) is 32.6 Å². The van der Waals surface area contributed by atoms with Crippen LogP contribution in [-0.2, 0) is 26.6 Å². The largest absolute Gasteiger partial charge is 0.336 e. The summed E-state index contributed by atoms with van der Waals surface area (Å²) in [7, 11) is 1.64. The Morgan fingerprint density at radius 1 is 1.15 bits per heavy atom. The first-order chi connectivity index (χ1) is 12.6. The Labute approximate surface area is 149 Å². The molecule has 0 N–H and O–H groups in total. The highest BCUT2D eigenvalue weighted by atomic mass is 16.2. The van der Waals surface area contributed by atoms with Crippen LogP contribution in [0.3, 0.4) is 0 Å². The van der Waals surface area contributed by atoms with Gasteiger partial charge in [-0.15, -0.1) is 10.2 Å². The fraction of sp³-hybridized carbons (Fsp3) is 0.353. The number of carbonyl (C=O) groups excluding carboxylic acids is 1. The zero-order valence-corrected chi connectivity index (χ0v) is 14.4. The van der Waals surface area contributed by atoms with Gasteiger partial charge >= 0.3 is 0 Å². The average Bonchev–Trinajstić information content (AvgIpc) is 3.23. The molecule has 0 aliphatic carbocycles. The van der Waals surface area contributed by atoms with Gasteiger partial charge in [0.2, 0.25) is 0 Å². The Morgan fingerprint density at radius 3 is 2.85 bits per heavy atom. The molecule has 4 rings (SSSR count). The number of hydrogen-bond donors (Lipinski definition) is 0. The molecule has 0 unspecified atom stereocenters. The van der Waals surface area contributed by atoms with Gasteiger partial charge in [0.25, 0.3) is 11.5 Å². The third-order valence-electron chi connectivity index (χ3n) is 4.61. The summed E-state index contributed by atoms with van der Waals surface area (Å²) in [5.74, 6) is 1.43. The highest BCUT2D eigenvalue weighted by Gasteiger charge is 2.24. The van der Waals surface area contributed by atoms with Gasteiger partial charge in [0.15, 0.2) is 5.82 Å². The normalized spacial score (nSPS) is 14.1. The second-order valence-electron chi connectivity index (χ2n) is 6.27. The van der Waals surface area contributed by atoms with Crippen molar-refractivity contribution in [2.24, 2.45) is 7.05 Å². The van der Waals surface area contributed by atoms with E-state index in [9.17, 15) is 9.59 Å². The quantitative estimate of drug-likeness (QED) is 0.657. The van der Waals surface area contributed by atoms with Crippen LogP contribution < -0.4 is 5.56 Å². The van der Waals surface area contributed by atoms with Gasteiger partial charge < -0.3 is 14.0 Å². The zero-order valence-electron chi connectivity index (χ0n) is 14.4. The predicted molar refractivity (Wildman–Crippen MR) is 92.6 cm³/mol. The van der Waals surface area contributed by atoms with Crippen LogP contribution in [0, 0.1) is 0 Å². The zero-order chi connectivity index (χ0) is 18.1. The topological polar surface area (TPSA) is 90.8 Å². The van der Waals surface area contributed by atoms with Crippen molar-refractivity contribution >= 4 is 5.91 Å². The van der Waals surface area contributed by atoms with Crippen LogP contribution in [0.2, 0.25) is 0 Å². The van der Waals surface area contributed by atoms with Crippen molar-refractivity contribution in [2.45, 2.75) is 19.5 Å². The van der Waals surface area contributed by atoms with E-state index in [-0.39, 0.29) is 17.0 Å². The molecule has 0 radical (unpaired) electrons. The van der Waals surface area contributed by atoms with Crippen molar-refractivity contribution in [2.75, 3.05) is 13.1 Å². The van der Waals surface area contributed by atoms with Crippen LogP contribution >= 0.6 is 0 Å². The SMILES string of the molecule is Cn1cccc(C(=O)N2CCc3nnc(Cn4cccn4)n3CC2)c1=O. The molecule has 134 valence electrons. The lowest BCUT2D eigenvalue weighted by molar-refractivity contribution is 0.0756. The maximum absolute atomic E-state index is 12.8. The van der Waals surface area contributed by atoms with Gasteiger partial charge in [-0.3, -0.25) is 14.3 Å². The average molecular weight is 353 g/mol. The molecule has 0 atom stereocenters. The molecule has 1 aliphatic rings. The second-order valence-corrected chi connectivity index (χ2v) is 6.27. The summed E-state index contributed by atoms with van der Waals surface area (Å²) in [6.07, 6.45) is 5.84. The summed E-state index contributed by atoms with van der Waals surface area (Å²) in [5.41, 5.74) is -0.0787. The molecule has 26 heavy (non-hydrogen) atoms. The number of pyridine rings is 1. The Bertz CT molecular complexity index is 987. The Kier molecular flexibility index (Phi) is 4.11. The van der Waals surface area contributed by atoms with Crippen LogP contribution in [0.15, 0.2) is 41.6 Å². The predicted octanol–water partition coefficient (Wildman–Crippen LogP) is -0.0799. The maximum Gasteiger partial charge on any atom is 0.263 e. The summed E-state index contributed by atoms with van der Waals surface area (Å²) in [6, 6.07) is 5.16. The van der Waals surface area contributed by atoms with Crippen molar-refractivity contribution in [3.05, 3.63) is 64.4 Å². The van der Waals surface area contributed by atoms with E-state index < -0.39 is 0 Å². The lowest BCUT2D eigenvalue weighted by Gasteiger charge is -2.20. The van der Waals surface area contributed by atoms with Gasteiger partial charge in [-0.05, 0) is 18.2 Å². The van der Waals surface area contributed by atoms with Gasteiger partial charge in [-0.25, -0.2) is 0 Å². The molecule has 0 spiro atoms. The van der Waals surface area contributed by atoms with Gasteiger partial charge in [0.1, 0.15) is 17.9 Å². The molecule has 3 aromatic heterocycles. The van der Waals surface area contributed by atoms with Crippen molar-refractivity contribution in [3.63, 3.8) is 0 Å². The number of hydrogen-bond acceptors (Lipinski definition) is 5. The maximum atomic E-state index is 12.8. The molecule has 0 saturated heterocycles. The van der Waals surface area contributed by atoms with Crippen LogP contribution in [-0.4, -0.2) is 53.0 Å². The summed E-state index contributed by atoms with van der Waals surface area (Å²) >= 11 is 0. The molecule has 0 saturated carbocycles. The van der Waals surface area contributed by atoms with E-state index in [1.54, 1.807) is 41.2 Å². The van der Waals surface area contributed by atoms with Crippen LogP contribution in [0.1, 0.15) is 22.0 Å². The molecule has 1 aliphatic heterocycles. The van der Waals surface area contributed by atoms with Crippen molar-refractivity contribution in [1.29, 1.82) is 0 Å². The van der Waals surface area contributed by atoms with Crippen molar-refractivity contribution < 1.29 is 4.79 Å². The third kappa shape index (κ3) is 2.92. The van der Waals surface area contributed by atoms with Crippen LogP contribution in [0.4, 0.5) is 0 Å². The number of carbonyl (C=O) groups is 1. The van der Waals surface area contributed by atoms with E-state index in [0.717, 1.165) is 11.6 Å². The van der Waals surface area contributed by atoms with Gasteiger partial charge in [-0.1, -0.05) is 0 Å². The molecule has 4 heterocycles.